The quantitative estimate of drug-likeness (QED) is 0.146. The molecule has 0 aliphatic carbocycles. The first-order chi connectivity index (χ1) is 21.3. The van der Waals surface area contributed by atoms with Crippen molar-refractivity contribution >= 4 is 57.2 Å². The van der Waals surface area contributed by atoms with E-state index in [9.17, 15) is 29.2 Å². The number of hydrogen-bond acceptors (Lipinski definition) is 6. The van der Waals surface area contributed by atoms with Crippen LogP contribution in [0.4, 0.5) is 17.1 Å². The van der Waals surface area contributed by atoms with Gasteiger partial charge in [0.2, 0.25) is 0 Å². The average Bonchev–Trinajstić information content (AvgIpc) is 3.06. The van der Waals surface area contributed by atoms with Gasteiger partial charge in [-0.1, -0.05) is 42.5 Å². The normalized spacial score (nSPS) is 13.6. The van der Waals surface area contributed by atoms with Crippen LogP contribution in [0, 0.1) is 17.9 Å². The van der Waals surface area contributed by atoms with Crippen molar-refractivity contribution in [2.75, 3.05) is 9.80 Å². The number of benzene rings is 5. The highest BCUT2D eigenvalue weighted by molar-refractivity contribution is 6.44. The van der Waals surface area contributed by atoms with Crippen molar-refractivity contribution in [2.24, 2.45) is 0 Å². The molecule has 0 saturated carbocycles. The van der Waals surface area contributed by atoms with E-state index in [0.717, 1.165) is 9.80 Å². The number of nitrogens with zero attached hydrogens (tertiary/aromatic N) is 4. The smallest absolute Gasteiger partial charge is 0.266 e. The van der Waals surface area contributed by atoms with Gasteiger partial charge < -0.3 is 0 Å². The molecule has 0 fully saturated rings. The molecule has 5 aromatic carbocycles. The number of amides is 4. The number of carbonyl (C=O) groups excluding carboxylic acids is 5. The molecule has 5 aromatic rings. The highest BCUT2D eigenvalue weighted by Crippen LogP contribution is 2.42. The Morgan fingerprint density at radius 1 is 0.659 bits per heavy atom. The van der Waals surface area contributed by atoms with E-state index in [2.05, 4.69) is 4.85 Å². The van der Waals surface area contributed by atoms with Gasteiger partial charge in [-0.05, 0) is 54.6 Å². The van der Waals surface area contributed by atoms with Gasteiger partial charge in [-0.25, -0.2) is 14.6 Å². The fourth-order valence-electron chi connectivity index (χ4n) is 5.72. The molecule has 2 aliphatic heterocycles. The lowest BCUT2D eigenvalue weighted by Crippen LogP contribution is -2.44. The molecular weight excluding hydrogens is 556 g/mol. The molecule has 0 spiro atoms. The maximum Gasteiger partial charge on any atom is 0.266 e. The summed E-state index contributed by atoms with van der Waals surface area (Å²) in [6.45, 7) is 7.22. The van der Waals surface area contributed by atoms with E-state index in [1.807, 2.05) is 6.07 Å². The second-order valence-electron chi connectivity index (χ2n) is 10.1. The fourth-order valence-corrected chi connectivity index (χ4v) is 5.72. The second kappa shape index (κ2) is 9.69. The zero-order chi connectivity index (χ0) is 30.7. The van der Waals surface area contributed by atoms with E-state index in [-0.39, 0.29) is 55.5 Å². The zero-order valence-electron chi connectivity index (χ0n) is 22.6. The minimum Gasteiger partial charge on any atom is -0.289 e. The van der Waals surface area contributed by atoms with Crippen LogP contribution < -0.4 is 9.80 Å². The first-order valence-electron chi connectivity index (χ1n) is 13.3. The molecule has 206 valence electrons. The summed E-state index contributed by atoms with van der Waals surface area (Å²) < 4.78 is 0. The van der Waals surface area contributed by atoms with Gasteiger partial charge in [0.15, 0.2) is 11.5 Å². The lowest BCUT2D eigenvalue weighted by atomic mass is 9.81. The van der Waals surface area contributed by atoms with E-state index in [1.54, 1.807) is 30.3 Å². The van der Waals surface area contributed by atoms with Crippen LogP contribution in [0.1, 0.15) is 62.9 Å². The van der Waals surface area contributed by atoms with Gasteiger partial charge in [0.25, 0.3) is 23.6 Å². The molecule has 2 heterocycles. The third-order valence-electron chi connectivity index (χ3n) is 7.77. The van der Waals surface area contributed by atoms with Gasteiger partial charge in [0.1, 0.15) is 0 Å². The number of rotatable bonds is 4. The van der Waals surface area contributed by atoms with Crippen molar-refractivity contribution in [3.63, 3.8) is 0 Å². The van der Waals surface area contributed by atoms with Crippen molar-refractivity contribution in [1.82, 2.24) is 0 Å². The van der Waals surface area contributed by atoms with Gasteiger partial charge in [0.05, 0.1) is 29.5 Å². The molecule has 2 aliphatic rings. The largest absolute Gasteiger partial charge is 0.289 e. The molecule has 0 atom stereocenters. The Bertz CT molecular complexity index is 2230. The zero-order valence-corrected chi connectivity index (χ0v) is 22.6. The molecule has 0 radical (unpaired) electrons. The molecule has 9 heteroatoms. The van der Waals surface area contributed by atoms with Crippen LogP contribution >= 0.6 is 0 Å². The van der Waals surface area contributed by atoms with Crippen molar-refractivity contribution in [3.05, 3.63) is 147 Å². The Kier molecular flexibility index (Phi) is 5.77. The van der Waals surface area contributed by atoms with Crippen molar-refractivity contribution in [2.45, 2.75) is 0 Å². The Morgan fingerprint density at radius 2 is 1.20 bits per heavy atom. The topological polar surface area (TPSA) is 120 Å². The minimum atomic E-state index is -0.796. The summed E-state index contributed by atoms with van der Waals surface area (Å²) in [5.41, 5.74) is 1.24. The lowest BCUT2D eigenvalue weighted by Gasteiger charge is -2.33. The fraction of sp³-hybridized carbons (Fsp3) is 0. The average molecular weight is 573 g/mol. The van der Waals surface area contributed by atoms with E-state index in [0.29, 0.717) is 11.3 Å². The van der Waals surface area contributed by atoms with Crippen LogP contribution in [-0.4, -0.2) is 29.4 Å². The van der Waals surface area contributed by atoms with Gasteiger partial charge in [0, 0.05) is 44.3 Å². The monoisotopic (exact) mass is 572 g/mol. The van der Waals surface area contributed by atoms with Crippen molar-refractivity contribution in [1.29, 1.82) is 5.26 Å². The number of nitriles is 1. The van der Waals surface area contributed by atoms with Gasteiger partial charge in [-0.2, -0.15) is 5.26 Å². The molecule has 7 rings (SSSR count). The van der Waals surface area contributed by atoms with E-state index < -0.39 is 29.4 Å². The van der Waals surface area contributed by atoms with Gasteiger partial charge in [-0.3, -0.25) is 24.0 Å². The van der Waals surface area contributed by atoms with Crippen LogP contribution in [0.3, 0.4) is 0 Å². The summed E-state index contributed by atoms with van der Waals surface area (Å²) in [7, 11) is 0. The number of anilines is 2. The second-order valence-corrected chi connectivity index (χ2v) is 10.1. The number of ketones is 1. The molecule has 4 amide bonds. The van der Waals surface area contributed by atoms with Crippen molar-refractivity contribution in [3.8, 4) is 6.07 Å². The number of hydrogen-bond donors (Lipinski definition) is 0. The SMILES string of the molecule is [C-]#[N+]c1ccc(N2C(=O)c3ccc4c5c(cc(C(=O)c6ccccc6)c(c35)C2=O)C(=O)N(c2ccc(C#N)cc2)C4=O)cc1. The van der Waals surface area contributed by atoms with Gasteiger partial charge in [-0.15, -0.1) is 0 Å². The standard InChI is InChI=1S/C35H16N4O5/c1-37-21-9-13-23(14-10-21)39-33(42)25-16-15-24-28-27(34(43)38(32(24)41)22-11-7-19(18-36)8-12-22)17-26(30(29(25)28)35(39)44)31(40)20-5-3-2-4-6-20/h2-17H. The Labute approximate surface area is 249 Å². The van der Waals surface area contributed by atoms with E-state index >= 15 is 0 Å². The molecular formula is C35H16N4O5. The van der Waals surface area contributed by atoms with Crippen LogP contribution in [0.5, 0.6) is 0 Å². The van der Waals surface area contributed by atoms with Crippen LogP contribution in [0.25, 0.3) is 15.6 Å². The Hall–Kier alpha value is -6.71. The van der Waals surface area contributed by atoms with Crippen LogP contribution in [0.15, 0.2) is 97.1 Å². The van der Waals surface area contributed by atoms with Gasteiger partial charge >= 0.3 is 0 Å². The molecule has 44 heavy (non-hydrogen) atoms. The molecule has 0 saturated heterocycles. The highest BCUT2D eigenvalue weighted by Gasteiger charge is 2.43. The third-order valence-corrected chi connectivity index (χ3v) is 7.77. The summed E-state index contributed by atoms with van der Waals surface area (Å²) >= 11 is 0. The van der Waals surface area contributed by atoms with Crippen molar-refractivity contribution < 1.29 is 24.0 Å². The van der Waals surface area contributed by atoms with Crippen LogP contribution in [0.2, 0.25) is 0 Å². The number of imide groups is 2. The molecule has 9 nitrogen and oxygen atoms in total. The molecule has 0 aromatic heterocycles. The predicted molar refractivity (Wildman–Crippen MR) is 160 cm³/mol. The molecule has 0 unspecified atom stereocenters. The summed E-state index contributed by atoms with van der Waals surface area (Å²) in [6.07, 6.45) is 0. The summed E-state index contributed by atoms with van der Waals surface area (Å²) in [5, 5.41) is 9.37. The third kappa shape index (κ3) is 3.67. The molecule has 0 N–H and O–H groups in total. The first kappa shape index (κ1) is 26.2. The predicted octanol–water partition coefficient (Wildman–Crippen LogP) is 6.09. The van der Waals surface area contributed by atoms with Crippen LogP contribution in [-0.2, 0) is 0 Å². The minimum absolute atomic E-state index is 0.0145. The highest BCUT2D eigenvalue weighted by atomic mass is 16.2. The summed E-state index contributed by atoms with van der Waals surface area (Å²) in [4.78, 5) is 75.3. The van der Waals surface area contributed by atoms with E-state index in [1.165, 1.54) is 66.7 Å². The van der Waals surface area contributed by atoms with E-state index in [4.69, 9.17) is 6.57 Å². The maximum atomic E-state index is 14.2. The lowest BCUT2D eigenvalue weighted by molar-refractivity contribution is 0.0871. The Balaban J connectivity index is 1.51. The number of carbonyl (C=O) groups is 5. The molecule has 0 bridgehead atoms. The summed E-state index contributed by atoms with van der Waals surface area (Å²) in [5.74, 6) is -3.46. The Morgan fingerprint density at radius 3 is 1.80 bits per heavy atom. The first-order valence-corrected chi connectivity index (χ1v) is 13.3. The maximum absolute atomic E-state index is 14.2. The summed E-state index contributed by atoms with van der Waals surface area (Å²) in [6, 6.07) is 26.2.